The number of thiazole rings is 1. The molecule has 4 nitrogen and oxygen atoms in total. The van der Waals surface area contributed by atoms with E-state index in [1.807, 2.05) is 29.9 Å². The van der Waals surface area contributed by atoms with Crippen LogP contribution in [0.3, 0.4) is 0 Å². The number of hydrogen-bond donors (Lipinski definition) is 1. The molecule has 0 saturated heterocycles. The fourth-order valence-electron chi connectivity index (χ4n) is 2.27. The van der Waals surface area contributed by atoms with Gasteiger partial charge in [0.05, 0.1) is 19.7 Å². The molecule has 0 fully saturated rings. The van der Waals surface area contributed by atoms with Gasteiger partial charge in [-0.2, -0.15) is 0 Å². The van der Waals surface area contributed by atoms with Crippen LogP contribution in [0.25, 0.3) is 0 Å². The van der Waals surface area contributed by atoms with Crippen molar-refractivity contribution < 1.29 is 9.47 Å². The Hall–Kier alpha value is -1.59. The third-order valence-electron chi connectivity index (χ3n) is 3.34. The standard InChI is InChI=1S/C16H22N2O2S/c1-4-7-18-15(9-13-10-17-11-21-13)14-8-12(19-2)5-6-16(14)20-3/h5-6,8,10-11,15,18H,4,7,9H2,1-3H3. The van der Waals surface area contributed by atoms with Crippen LogP contribution in [-0.2, 0) is 6.42 Å². The normalized spacial score (nSPS) is 12.1. The van der Waals surface area contributed by atoms with Gasteiger partial charge < -0.3 is 14.8 Å². The van der Waals surface area contributed by atoms with Gasteiger partial charge in [-0.25, -0.2) is 0 Å². The third kappa shape index (κ3) is 4.19. The van der Waals surface area contributed by atoms with Gasteiger partial charge in [0.15, 0.2) is 0 Å². The van der Waals surface area contributed by atoms with Crippen LogP contribution in [0.5, 0.6) is 11.5 Å². The third-order valence-corrected chi connectivity index (χ3v) is 4.14. The van der Waals surface area contributed by atoms with Crippen LogP contribution in [0.4, 0.5) is 0 Å². The summed E-state index contributed by atoms with van der Waals surface area (Å²) in [6.45, 7) is 3.13. The van der Waals surface area contributed by atoms with E-state index in [9.17, 15) is 0 Å². The van der Waals surface area contributed by atoms with Crippen LogP contribution < -0.4 is 14.8 Å². The van der Waals surface area contributed by atoms with Crippen molar-refractivity contribution in [2.45, 2.75) is 25.8 Å². The smallest absolute Gasteiger partial charge is 0.123 e. The maximum atomic E-state index is 5.52. The fraction of sp³-hybridized carbons (Fsp3) is 0.438. The van der Waals surface area contributed by atoms with Crippen LogP contribution in [0.2, 0.25) is 0 Å². The number of benzene rings is 1. The number of aromatic nitrogens is 1. The molecule has 0 aliphatic rings. The summed E-state index contributed by atoms with van der Waals surface area (Å²) >= 11 is 1.68. The summed E-state index contributed by atoms with van der Waals surface area (Å²) in [5.74, 6) is 1.73. The first-order valence-corrected chi connectivity index (χ1v) is 7.99. The second-order valence-corrected chi connectivity index (χ2v) is 5.76. The Morgan fingerprint density at radius 3 is 2.76 bits per heavy atom. The molecule has 0 aliphatic carbocycles. The summed E-state index contributed by atoms with van der Waals surface area (Å²) in [6.07, 6.45) is 3.91. The first-order chi connectivity index (χ1) is 10.3. The first-order valence-electron chi connectivity index (χ1n) is 7.11. The van der Waals surface area contributed by atoms with E-state index in [1.54, 1.807) is 25.6 Å². The van der Waals surface area contributed by atoms with Crippen molar-refractivity contribution in [2.24, 2.45) is 0 Å². The number of ether oxygens (including phenoxy) is 2. The number of methoxy groups -OCH3 is 2. The predicted molar refractivity (Wildman–Crippen MR) is 86.4 cm³/mol. The molecule has 0 bridgehead atoms. The first kappa shape index (κ1) is 15.8. The highest BCUT2D eigenvalue weighted by molar-refractivity contribution is 7.09. The fourth-order valence-corrected chi connectivity index (χ4v) is 2.91. The lowest BCUT2D eigenvalue weighted by Crippen LogP contribution is -2.24. The molecule has 1 atom stereocenters. The Labute approximate surface area is 130 Å². The molecule has 21 heavy (non-hydrogen) atoms. The molecule has 5 heteroatoms. The molecule has 2 aromatic rings. The van der Waals surface area contributed by atoms with Crippen molar-refractivity contribution in [2.75, 3.05) is 20.8 Å². The number of nitrogens with one attached hydrogen (secondary N) is 1. The van der Waals surface area contributed by atoms with E-state index < -0.39 is 0 Å². The molecule has 0 saturated carbocycles. The maximum Gasteiger partial charge on any atom is 0.123 e. The summed E-state index contributed by atoms with van der Waals surface area (Å²) in [7, 11) is 3.39. The van der Waals surface area contributed by atoms with E-state index >= 15 is 0 Å². The highest BCUT2D eigenvalue weighted by atomic mass is 32.1. The van der Waals surface area contributed by atoms with E-state index in [0.29, 0.717) is 0 Å². The van der Waals surface area contributed by atoms with Crippen molar-refractivity contribution in [1.82, 2.24) is 10.3 Å². The molecule has 0 spiro atoms. The van der Waals surface area contributed by atoms with Crippen molar-refractivity contribution >= 4 is 11.3 Å². The molecule has 0 amide bonds. The van der Waals surface area contributed by atoms with Crippen molar-refractivity contribution in [3.63, 3.8) is 0 Å². The zero-order chi connectivity index (χ0) is 15.1. The molecule has 1 aromatic heterocycles. The van der Waals surface area contributed by atoms with E-state index in [0.717, 1.165) is 36.4 Å². The van der Waals surface area contributed by atoms with Gasteiger partial charge in [-0.05, 0) is 31.2 Å². The van der Waals surface area contributed by atoms with Gasteiger partial charge in [-0.1, -0.05) is 6.92 Å². The van der Waals surface area contributed by atoms with Gasteiger partial charge in [0, 0.05) is 29.1 Å². The Morgan fingerprint density at radius 2 is 2.14 bits per heavy atom. The molecule has 1 N–H and O–H groups in total. The van der Waals surface area contributed by atoms with Crippen LogP contribution in [-0.4, -0.2) is 25.7 Å². The minimum absolute atomic E-state index is 0.190. The second kappa shape index (κ2) is 8.00. The van der Waals surface area contributed by atoms with Gasteiger partial charge >= 0.3 is 0 Å². The molecule has 1 heterocycles. The summed E-state index contributed by atoms with van der Waals surface area (Å²) in [5.41, 5.74) is 2.99. The lowest BCUT2D eigenvalue weighted by Gasteiger charge is -2.21. The van der Waals surface area contributed by atoms with Gasteiger partial charge in [-0.3, -0.25) is 4.98 Å². The highest BCUT2D eigenvalue weighted by Crippen LogP contribution is 2.31. The summed E-state index contributed by atoms with van der Waals surface area (Å²) in [5, 5.41) is 3.59. The Kier molecular flexibility index (Phi) is 6.02. The number of hydrogen-bond acceptors (Lipinski definition) is 5. The van der Waals surface area contributed by atoms with E-state index in [1.165, 1.54) is 4.88 Å². The minimum atomic E-state index is 0.190. The molecule has 0 radical (unpaired) electrons. The topological polar surface area (TPSA) is 43.4 Å². The molecule has 0 aliphatic heterocycles. The minimum Gasteiger partial charge on any atom is -0.497 e. The molecule has 1 aromatic carbocycles. The SMILES string of the molecule is CCCNC(Cc1cncs1)c1cc(OC)ccc1OC. The van der Waals surface area contributed by atoms with E-state index in [-0.39, 0.29) is 6.04 Å². The maximum absolute atomic E-state index is 5.52. The quantitative estimate of drug-likeness (QED) is 0.811. The Bertz CT molecular complexity index is 543. The summed E-state index contributed by atoms with van der Waals surface area (Å²) in [4.78, 5) is 5.42. The lowest BCUT2D eigenvalue weighted by molar-refractivity contribution is 0.389. The molecular weight excluding hydrogens is 284 g/mol. The van der Waals surface area contributed by atoms with Gasteiger partial charge in [0.1, 0.15) is 11.5 Å². The molecule has 114 valence electrons. The molecule has 2 rings (SSSR count). The summed E-state index contributed by atoms with van der Waals surface area (Å²) in [6, 6.07) is 6.12. The average Bonchev–Trinajstić information content (AvgIpc) is 3.03. The highest BCUT2D eigenvalue weighted by Gasteiger charge is 2.18. The van der Waals surface area contributed by atoms with Gasteiger partial charge in [-0.15, -0.1) is 11.3 Å². The molecule has 1 unspecified atom stereocenters. The largest absolute Gasteiger partial charge is 0.497 e. The second-order valence-electron chi connectivity index (χ2n) is 4.79. The van der Waals surface area contributed by atoms with Crippen molar-refractivity contribution in [3.05, 3.63) is 40.3 Å². The monoisotopic (exact) mass is 306 g/mol. The van der Waals surface area contributed by atoms with Crippen LogP contribution in [0.1, 0.15) is 29.8 Å². The zero-order valence-electron chi connectivity index (χ0n) is 12.8. The number of rotatable bonds is 8. The lowest BCUT2D eigenvalue weighted by atomic mass is 10.0. The van der Waals surface area contributed by atoms with Crippen LogP contribution >= 0.6 is 11.3 Å². The van der Waals surface area contributed by atoms with Gasteiger partial charge in [0.2, 0.25) is 0 Å². The Balaban J connectivity index is 2.29. The van der Waals surface area contributed by atoms with Gasteiger partial charge in [0.25, 0.3) is 0 Å². The Morgan fingerprint density at radius 1 is 1.29 bits per heavy atom. The van der Waals surface area contributed by atoms with Crippen LogP contribution in [0, 0.1) is 0 Å². The number of nitrogens with zero attached hydrogens (tertiary/aromatic N) is 1. The zero-order valence-corrected chi connectivity index (χ0v) is 13.6. The summed E-state index contributed by atoms with van der Waals surface area (Å²) < 4.78 is 10.9. The van der Waals surface area contributed by atoms with Crippen molar-refractivity contribution in [1.29, 1.82) is 0 Å². The van der Waals surface area contributed by atoms with Crippen LogP contribution in [0.15, 0.2) is 29.9 Å². The predicted octanol–water partition coefficient (Wildman–Crippen LogP) is 3.44. The average molecular weight is 306 g/mol. The van der Waals surface area contributed by atoms with E-state index in [4.69, 9.17) is 9.47 Å². The van der Waals surface area contributed by atoms with E-state index in [2.05, 4.69) is 17.2 Å². The van der Waals surface area contributed by atoms with Crippen molar-refractivity contribution in [3.8, 4) is 11.5 Å². The molecular formula is C16H22N2O2S.